The van der Waals surface area contributed by atoms with E-state index in [1.165, 1.54) is 36.5 Å². The molecule has 20 heavy (non-hydrogen) atoms. The molecule has 0 amide bonds. The lowest BCUT2D eigenvalue weighted by molar-refractivity contribution is 0.473. The monoisotopic (exact) mass is 350 g/mol. The molecule has 1 fully saturated rings. The topological polar surface area (TPSA) is 24.9 Å². The van der Waals surface area contributed by atoms with Gasteiger partial charge in [-0.3, -0.25) is 0 Å². The van der Waals surface area contributed by atoms with Gasteiger partial charge in [-0.25, -0.2) is 4.98 Å². The van der Waals surface area contributed by atoms with E-state index in [-0.39, 0.29) is 0 Å². The maximum atomic E-state index is 4.55. The Labute approximate surface area is 132 Å². The average Bonchev–Trinajstić information content (AvgIpc) is 2.49. The van der Waals surface area contributed by atoms with Crippen LogP contribution in [0.15, 0.2) is 34.9 Å². The van der Waals surface area contributed by atoms with Crippen LogP contribution in [0.25, 0.3) is 10.8 Å². The van der Waals surface area contributed by atoms with Crippen LogP contribution in [0.5, 0.6) is 0 Å². The van der Waals surface area contributed by atoms with Crippen molar-refractivity contribution in [2.45, 2.75) is 37.0 Å². The first-order valence-electron chi connectivity index (χ1n) is 7.10. The zero-order valence-electron chi connectivity index (χ0n) is 11.6. The van der Waals surface area contributed by atoms with Gasteiger partial charge in [-0.1, -0.05) is 34.5 Å². The Kier molecular flexibility index (Phi) is 4.51. The van der Waals surface area contributed by atoms with E-state index in [1.807, 2.05) is 18.0 Å². The van der Waals surface area contributed by atoms with Gasteiger partial charge in [0, 0.05) is 32.7 Å². The molecular formula is C16H19BrN2S. The van der Waals surface area contributed by atoms with Crippen LogP contribution in [-0.4, -0.2) is 22.5 Å². The van der Waals surface area contributed by atoms with Gasteiger partial charge < -0.3 is 5.32 Å². The van der Waals surface area contributed by atoms with Crippen molar-refractivity contribution in [3.8, 4) is 0 Å². The molecule has 1 heterocycles. The maximum absolute atomic E-state index is 4.55. The predicted molar refractivity (Wildman–Crippen MR) is 92.6 cm³/mol. The first-order valence-corrected chi connectivity index (χ1v) is 9.18. The SMILES string of the molecule is CSC1CCCC(Nc2nccc3c(Br)cccc23)C1. The van der Waals surface area contributed by atoms with Gasteiger partial charge in [-0.05, 0) is 37.7 Å². The number of fused-ring (bicyclic) bond motifs is 1. The molecule has 0 bridgehead atoms. The lowest BCUT2D eigenvalue weighted by Crippen LogP contribution is -2.28. The smallest absolute Gasteiger partial charge is 0.134 e. The number of halogens is 1. The van der Waals surface area contributed by atoms with Gasteiger partial charge in [0.25, 0.3) is 0 Å². The summed E-state index contributed by atoms with van der Waals surface area (Å²) in [7, 11) is 0. The Morgan fingerprint density at radius 3 is 3.00 bits per heavy atom. The first-order chi connectivity index (χ1) is 9.78. The van der Waals surface area contributed by atoms with Crippen molar-refractivity contribution in [1.82, 2.24) is 4.98 Å². The molecule has 3 rings (SSSR count). The van der Waals surface area contributed by atoms with Crippen molar-refractivity contribution in [1.29, 1.82) is 0 Å². The van der Waals surface area contributed by atoms with E-state index in [4.69, 9.17) is 0 Å². The Balaban J connectivity index is 1.86. The van der Waals surface area contributed by atoms with Gasteiger partial charge >= 0.3 is 0 Å². The van der Waals surface area contributed by atoms with E-state index < -0.39 is 0 Å². The number of hydrogen-bond acceptors (Lipinski definition) is 3. The van der Waals surface area contributed by atoms with E-state index in [0.717, 1.165) is 15.5 Å². The van der Waals surface area contributed by atoms with Crippen LogP contribution in [0.2, 0.25) is 0 Å². The maximum Gasteiger partial charge on any atom is 0.134 e. The summed E-state index contributed by atoms with van der Waals surface area (Å²) in [5, 5.41) is 6.89. The van der Waals surface area contributed by atoms with Gasteiger partial charge in [-0.15, -0.1) is 0 Å². The number of nitrogens with one attached hydrogen (secondary N) is 1. The fourth-order valence-electron chi connectivity index (χ4n) is 2.97. The molecule has 2 atom stereocenters. The summed E-state index contributed by atoms with van der Waals surface area (Å²) in [5.74, 6) is 1.02. The molecule has 1 aromatic heterocycles. The number of thioether (sulfide) groups is 1. The lowest BCUT2D eigenvalue weighted by Gasteiger charge is -2.29. The Morgan fingerprint density at radius 1 is 1.25 bits per heavy atom. The van der Waals surface area contributed by atoms with Crippen molar-refractivity contribution >= 4 is 44.3 Å². The molecule has 4 heteroatoms. The normalized spacial score (nSPS) is 22.9. The van der Waals surface area contributed by atoms with Crippen molar-refractivity contribution in [3.05, 3.63) is 34.9 Å². The Bertz CT molecular complexity index is 602. The molecule has 1 N–H and O–H groups in total. The molecular weight excluding hydrogens is 332 g/mol. The molecule has 1 saturated carbocycles. The second kappa shape index (κ2) is 6.35. The molecule has 2 nitrogen and oxygen atoms in total. The summed E-state index contributed by atoms with van der Waals surface area (Å²) >= 11 is 5.62. The highest BCUT2D eigenvalue weighted by Crippen LogP contribution is 2.32. The van der Waals surface area contributed by atoms with Crippen LogP contribution < -0.4 is 5.32 Å². The van der Waals surface area contributed by atoms with E-state index in [9.17, 15) is 0 Å². The molecule has 0 aliphatic heterocycles. The van der Waals surface area contributed by atoms with Crippen LogP contribution >= 0.6 is 27.7 Å². The molecule has 0 saturated heterocycles. The quantitative estimate of drug-likeness (QED) is 0.834. The average molecular weight is 351 g/mol. The predicted octanol–water partition coefficient (Wildman–Crippen LogP) is 5.08. The van der Waals surface area contributed by atoms with Gasteiger partial charge in [0.1, 0.15) is 5.82 Å². The minimum atomic E-state index is 0.554. The zero-order valence-corrected chi connectivity index (χ0v) is 14.0. The summed E-state index contributed by atoms with van der Waals surface area (Å²) < 4.78 is 1.13. The molecule has 1 aliphatic rings. The van der Waals surface area contributed by atoms with Crippen molar-refractivity contribution in [3.63, 3.8) is 0 Å². The van der Waals surface area contributed by atoms with Crippen LogP contribution in [0.3, 0.4) is 0 Å². The Hall–Kier alpha value is -0.740. The molecule has 1 aromatic carbocycles. The molecule has 1 aliphatic carbocycles. The number of rotatable bonds is 3. The minimum Gasteiger partial charge on any atom is -0.367 e. The van der Waals surface area contributed by atoms with Gasteiger partial charge in [-0.2, -0.15) is 11.8 Å². The fraction of sp³-hybridized carbons (Fsp3) is 0.438. The van der Waals surface area contributed by atoms with Gasteiger partial charge in [0.2, 0.25) is 0 Å². The van der Waals surface area contributed by atoms with Gasteiger partial charge in [0.15, 0.2) is 0 Å². The largest absolute Gasteiger partial charge is 0.367 e. The lowest BCUT2D eigenvalue weighted by atomic mass is 9.95. The molecule has 106 valence electrons. The van der Waals surface area contributed by atoms with Crippen molar-refractivity contribution in [2.75, 3.05) is 11.6 Å². The number of pyridine rings is 1. The van der Waals surface area contributed by atoms with Crippen LogP contribution in [0.4, 0.5) is 5.82 Å². The molecule has 0 radical (unpaired) electrons. The van der Waals surface area contributed by atoms with Crippen LogP contribution in [0, 0.1) is 0 Å². The van der Waals surface area contributed by atoms with E-state index in [2.05, 4.69) is 56.8 Å². The number of aromatic nitrogens is 1. The third-order valence-electron chi connectivity index (χ3n) is 4.05. The third-order valence-corrected chi connectivity index (χ3v) is 5.84. The van der Waals surface area contributed by atoms with E-state index >= 15 is 0 Å². The summed E-state index contributed by atoms with van der Waals surface area (Å²) in [6, 6.07) is 8.92. The number of anilines is 1. The van der Waals surface area contributed by atoms with Crippen LogP contribution in [0.1, 0.15) is 25.7 Å². The highest BCUT2D eigenvalue weighted by atomic mass is 79.9. The minimum absolute atomic E-state index is 0.554. The van der Waals surface area contributed by atoms with Crippen molar-refractivity contribution in [2.24, 2.45) is 0 Å². The fourth-order valence-corrected chi connectivity index (χ4v) is 4.29. The standard InChI is InChI=1S/C16H19BrN2S/c1-20-12-5-2-4-11(10-12)19-16-14-6-3-7-15(17)13(14)8-9-18-16/h3,6-9,11-12H,2,4-5,10H2,1H3,(H,18,19). The van der Waals surface area contributed by atoms with Crippen LogP contribution in [-0.2, 0) is 0 Å². The third kappa shape index (κ3) is 2.96. The number of nitrogens with zero attached hydrogens (tertiary/aromatic N) is 1. The second-order valence-electron chi connectivity index (χ2n) is 5.36. The zero-order chi connectivity index (χ0) is 13.9. The summed E-state index contributed by atoms with van der Waals surface area (Å²) in [6.45, 7) is 0. The number of hydrogen-bond donors (Lipinski definition) is 1. The van der Waals surface area contributed by atoms with E-state index in [1.54, 1.807) is 0 Å². The summed E-state index contributed by atoms with van der Waals surface area (Å²) in [4.78, 5) is 4.55. The molecule has 0 spiro atoms. The molecule has 2 aromatic rings. The Morgan fingerprint density at radius 2 is 2.15 bits per heavy atom. The highest BCUT2D eigenvalue weighted by molar-refractivity contribution is 9.10. The first kappa shape index (κ1) is 14.2. The number of benzene rings is 1. The summed E-state index contributed by atoms with van der Waals surface area (Å²) in [6.07, 6.45) is 9.28. The van der Waals surface area contributed by atoms with E-state index in [0.29, 0.717) is 6.04 Å². The summed E-state index contributed by atoms with van der Waals surface area (Å²) in [5.41, 5.74) is 0. The van der Waals surface area contributed by atoms with Gasteiger partial charge in [0.05, 0.1) is 0 Å². The second-order valence-corrected chi connectivity index (χ2v) is 7.35. The molecule has 2 unspecified atom stereocenters. The highest BCUT2D eigenvalue weighted by Gasteiger charge is 2.21. The van der Waals surface area contributed by atoms with Crippen molar-refractivity contribution < 1.29 is 0 Å².